The van der Waals surface area contributed by atoms with E-state index in [1.165, 1.54) is 5.56 Å². The maximum Gasteiger partial charge on any atom is 0.222 e. The standard InChI is InChI=1S/C15H20N4/c1-3-12-4-6-13(7-5-12)14-10-18-15(19-11-14)17-9-8-16-2/h4-7,10-11,16H,3,8-9H2,1-2H3,(H,17,18,19). The van der Waals surface area contributed by atoms with Gasteiger partial charge in [-0.05, 0) is 24.6 Å². The van der Waals surface area contributed by atoms with Gasteiger partial charge in [0.05, 0.1) is 0 Å². The minimum absolute atomic E-state index is 0.671. The number of nitrogens with zero attached hydrogens (tertiary/aromatic N) is 2. The molecular formula is C15H20N4. The first kappa shape index (κ1) is 13.5. The van der Waals surface area contributed by atoms with Crippen molar-refractivity contribution < 1.29 is 0 Å². The monoisotopic (exact) mass is 256 g/mol. The maximum absolute atomic E-state index is 4.32. The minimum atomic E-state index is 0.671. The predicted molar refractivity (Wildman–Crippen MR) is 79.3 cm³/mol. The lowest BCUT2D eigenvalue weighted by molar-refractivity contribution is 0.817. The van der Waals surface area contributed by atoms with Crippen molar-refractivity contribution in [1.82, 2.24) is 15.3 Å². The summed E-state index contributed by atoms with van der Waals surface area (Å²) in [6, 6.07) is 8.53. The third-order valence-electron chi connectivity index (χ3n) is 3.01. The van der Waals surface area contributed by atoms with E-state index in [4.69, 9.17) is 0 Å². The average molecular weight is 256 g/mol. The van der Waals surface area contributed by atoms with E-state index in [0.29, 0.717) is 5.95 Å². The molecule has 0 saturated carbocycles. The second-order valence-electron chi connectivity index (χ2n) is 4.38. The molecule has 100 valence electrons. The van der Waals surface area contributed by atoms with E-state index in [1.54, 1.807) is 0 Å². The number of hydrogen-bond donors (Lipinski definition) is 2. The lowest BCUT2D eigenvalue weighted by atomic mass is 10.1. The molecule has 0 unspecified atom stereocenters. The molecule has 2 aromatic rings. The molecule has 1 aromatic heterocycles. The highest BCUT2D eigenvalue weighted by Gasteiger charge is 2.00. The fraction of sp³-hybridized carbons (Fsp3) is 0.333. The maximum atomic E-state index is 4.32. The van der Waals surface area contributed by atoms with Gasteiger partial charge in [-0.1, -0.05) is 31.2 Å². The van der Waals surface area contributed by atoms with E-state index in [9.17, 15) is 0 Å². The molecule has 4 nitrogen and oxygen atoms in total. The fourth-order valence-electron chi connectivity index (χ4n) is 1.80. The zero-order chi connectivity index (χ0) is 13.5. The topological polar surface area (TPSA) is 49.8 Å². The Bertz CT molecular complexity index is 491. The SMILES string of the molecule is CCc1ccc(-c2cnc(NCCNC)nc2)cc1. The Kier molecular flexibility index (Phi) is 4.86. The van der Waals surface area contributed by atoms with Crippen molar-refractivity contribution in [3.05, 3.63) is 42.2 Å². The van der Waals surface area contributed by atoms with Gasteiger partial charge in [-0.3, -0.25) is 0 Å². The van der Waals surface area contributed by atoms with Crippen molar-refractivity contribution in [3.63, 3.8) is 0 Å². The van der Waals surface area contributed by atoms with Gasteiger partial charge in [0.25, 0.3) is 0 Å². The molecule has 0 aliphatic carbocycles. The smallest absolute Gasteiger partial charge is 0.222 e. The number of benzene rings is 1. The van der Waals surface area contributed by atoms with Crippen molar-refractivity contribution in [1.29, 1.82) is 0 Å². The lowest BCUT2D eigenvalue weighted by Gasteiger charge is -2.06. The van der Waals surface area contributed by atoms with Crippen molar-refractivity contribution >= 4 is 5.95 Å². The van der Waals surface area contributed by atoms with E-state index in [-0.39, 0.29) is 0 Å². The van der Waals surface area contributed by atoms with Crippen LogP contribution in [0.15, 0.2) is 36.7 Å². The Hall–Kier alpha value is -1.94. The average Bonchev–Trinajstić information content (AvgIpc) is 2.48. The summed E-state index contributed by atoms with van der Waals surface area (Å²) < 4.78 is 0. The molecule has 1 aromatic carbocycles. The molecule has 1 heterocycles. The molecule has 19 heavy (non-hydrogen) atoms. The first-order valence-corrected chi connectivity index (χ1v) is 6.63. The minimum Gasteiger partial charge on any atom is -0.353 e. The van der Waals surface area contributed by atoms with E-state index in [0.717, 1.165) is 30.6 Å². The van der Waals surface area contributed by atoms with E-state index in [1.807, 2.05) is 19.4 Å². The van der Waals surface area contributed by atoms with E-state index >= 15 is 0 Å². The molecule has 0 aliphatic heterocycles. The molecule has 2 N–H and O–H groups in total. The quantitative estimate of drug-likeness (QED) is 0.779. The number of aryl methyl sites for hydroxylation is 1. The summed E-state index contributed by atoms with van der Waals surface area (Å²) in [7, 11) is 1.92. The van der Waals surface area contributed by atoms with Crippen LogP contribution >= 0.6 is 0 Å². The second kappa shape index (κ2) is 6.85. The fourth-order valence-corrected chi connectivity index (χ4v) is 1.80. The lowest BCUT2D eigenvalue weighted by Crippen LogP contribution is -2.18. The second-order valence-corrected chi connectivity index (χ2v) is 4.38. The summed E-state index contributed by atoms with van der Waals surface area (Å²) in [4.78, 5) is 8.64. The van der Waals surface area contributed by atoms with E-state index < -0.39 is 0 Å². The molecule has 2 rings (SSSR count). The van der Waals surface area contributed by atoms with Crippen LogP contribution in [0.5, 0.6) is 0 Å². The largest absolute Gasteiger partial charge is 0.353 e. The molecule has 0 atom stereocenters. The first-order valence-electron chi connectivity index (χ1n) is 6.63. The normalized spacial score (nSPS) is 10.4. The van der Waals surface area contributed by atoms with Crippen LogP contribution in [0.25, 0.3) is 11.1 Å². The Morgan fingerprint density at radius 1 is 0.947 bits per heavy atom. The van der Waals surface area contributed by atoms with Crippen molar-refractivity contribution in [2.45, 2.75) is 13.3 Å². The number of anilines is 1. The highest BCUT2D eigenvalue weighted by atomic mass is 15.1. The Labute approximate surface area is 114 Å². The Morgan fingerprint density at radius 2 is 1.63 bits per heavy atom. The van der Waals surface area contributed by atoms with Crippen LogP contribution in [-0.2, 0) is 6.42 Å². The molecule has 0 radical (unpaired) electrons. The highest BCUT2D eigenvalue weighted by Crippen LogP contribution is 2.18. The van der Waals surface area contributed by atoms with Gasteiger partial charge in [0.2, 0.25) is 5.95 Å². The van der Waals surface area contributed by atoms with Crippen LogP contribution < -0.4 is 10.6 Å². The summed E-state index contributed by atoms with van der Waals surface area (Å²) in [5.74, 6) is 0.671. The van der Waals surface area contributed by atoms with Gasteiger partial charge in [-0.2, -0.15) is 0 Å². The van der Waals surface area contributed by atoms with Gasteiger partial charge in [-0.15, -0.1) is 0 Å². The van der Waals surface area contributed by atoms with Crippen LogP contribution in [0.2, 0.25) is 0 Å². The third kappa shape index (κ3) is 3.76. The number of nitrogens with one attached hydrogen (secondary N) is 2. The molecular weight excluding hydrogens is 236 g/mol. The molecule has 0 saturated heterocycles. The van der Waals surface area contributed by atoms with Crippen LogP contribution in [0, 0.1) is 0 Å². The molecule has 4 heteroatoms. The highest BCUT2D eigenvalue weighted by molar-refractivity contribution is 5.62. The van der Waals surface area contributed by atoms with Crippen molar-refractivity contribution in [2.24, 2.45) is 0 Å². The van der Waals surface area contributed by atoms with Gasteiger partial charge >= 0.3 is 0 Å². The molecule has 0 fully saturated rings. The van der Waals surface area contributed by atoms with Gasteiger partial charge in [-0.25, -0.2) is 9.97 Å². The van der Waals surface area contributed by atoms with Gasteiger partial charge < -0.3 is 10.6 Å². The zero-order valence-corrected chi connectivity index (χ0v) is 11.5. The van der Waals surface area contributed by atoms with Crippen LogP contribution in [-0.4, -0.2) is 30.1 Å². The van der Waals surface area contributed by atoms with Gasteiger partial charge in [0.15, 0.2) is 0 Å². The van der Waals surface area contributed by atoms with Gasteiger partial charge in [0, 0.05) is 31.0 Å². The van der Waals surface area contributed by atoms with Crippen LogP contribution in [0.1, 0.15) is 12.5 Å². The Morgan fingerprint density at radius 3 is 2.21 bits per heavy atom. The van der Waals surface area contributed by atoms with E-state index in [2.05, 4.69) is 51.8 Å². The number of likely N-dealkylation sites (N-methyl/N-ethyl adjacent to an activating group) is 1. The van der Waals surface area contributed by atoms with Crippen molar-refractivity contribution in [2.75, 3.05) is 25.5 Å². The summed E-state index contributed by atoms with van der Waals surface area (Å²) >= 11 is 0. The van der Waals surface area contributed by atoms with Crippen molar-refractivity contribution in [3.8, 4) is 11.1 Å². The summed E-state index contributed by atoms with van der Waals surface area (Å²) in [6.07, 6.45) is 4.77. The molecule has 0 bridgehead atoms. The van der Waals surface area contributed by atoms with Gasteiger partial charge in [0.1, 0.15) is 0 Å². The number of aromatic nitrogens is 2. The zero-order valence-electron chi connectivity index (χ0n) is 11.5. The summed E-state index contributed by atoms with van der Waals surface area (Å²) in [5.41, 5.74) is 3.54. The first-order chi connectivity index (χ1) is 9.33. The predicted octanol–water partition coefficient (Wildman–Crippen LogP) is 2.34. The van der Waals surface area contributed by atoms with Crippen LogP contribution in [0.3, 0.4) is 0 Å². The van der Waals surface area contributed by atoms with Crippen LogP contribution in [0.4, 0.5) is 5.95 Å². The Balaban J connectivity index is 2.04. The number of hydrogen-bond acceptors (Lipinski definition) is 4. The summed E-state index contributed by atoms with van der Waals surface area (Å²) in [6.45, 7) is 3.87. The molecule has 0 spiro atoms. The molecule has 0 amide bonds. The molecule has 0 aliphatic rings. The number of rotatable bonds is 6. The third-order valence-corrected chi connectivity index (χ3v) is 3.01. The summed E-state index contributed by atoms with van der Waals surface area (Å²) in [5, 5.41) is 6.23.